The Morgan fingerprint density at radius 1 is 1.43 bits per heavy atom. The molecular formula is C7H12. The zero-order valence-corrected chi connectivity index (χ0v) is 4.85. The second kappa shape index (κ2) is 1.04. The first kappa shape index (κ1) is 3.94. The molecule has 0 aromatic rings. The Labute approximate surface area is 44.9 Å². The largest absolute Gasteiger partial charge is 0.0651 e. The van der Waals surface area contributed by atoms with E-state index in [1.807, 2.05) is 0 Å². The molecule has 0 radical (unpaired) electrons. The minimum Gasteiger partial charge on any atom is -0.0651 e. The molecule has 0 heteroatoms. The van der Waals surface area contributed by atoms with E-state index in [9.17, 15) is 0 Å². The lowest BCUT2D eigenvalue weighted by molar-refractivity contribution is 0.280. The van der Waals surface area contributed by atoms with Gasteiger partial charge in [-0.1, -0.05) is 13.3 Å². The number of rotatable bonds is 1. The highest BCUT2D eigenvalue weighted by Gasteiger charge is 2.51. The van der Waals surface area contributed by atoms with Crippen molar-refractivity contribution in [3.8, 4) is 0 Å². The first-order valence-corrected chi connectivity index (χ1v) is 3.42. The summed E-state index contributed by atoms with van der Waals surface area (Å²) in [6.45, 7) is 2.32. The van der Waals surface area contributed by atoms with E-state index < -0.39 is 0 Å². The Kier molecular flexibility index (Phi) is 0.586. The number of hydrogen-bond acceptors (Lipinski definition) is 0. The van der Waals surface area contributed by atoms with Gasteiger partial charge in [0.15, 0.2) is 0 Å². The van der Waals surface area contributed by atoms with E-state index in [1.165, 1.54) is 18.3 Å². The predicted octanol–water partition coefficient (Wildman–Crippen LogP) is 2.05. The molecule has 0 spiro atoms. The van der Waals surface area contributed by atoms with Gasteiger partial charge < -0.3 is 0 Å². The van der Waals surface area contributed by atoms with E-state index in [2.05, 4.69) is 6.92 Å². The van der Waals surface area contributed by atoms with Crippen LogP contribution in [0.5, 0.6) is 0 Å². The second-order valence-corrected chi connectivity index (χ2v) is 3.06. The lowest BCUT2D eigenvalue weighted by Gasteiger charge is -2.22. The van der Waals surface area contributed by atoms with E-state index in [-0.39, 0.29) is 0 Å². The number of fused-ring (bicyclic) bond motifs is 1. The molecule has 0 bridgehead atoms. The van der Waals surface area contributed by atoms with Crippen LogP contribution in [0.2, 0.25) is 0 Å². The predicted molar refractivity (Wildman–Crippen MR) is 30.0 cm³/mol. The highest BCUT2D eigenvalue weighted by Crippen LogP contribution is 2.60. The Morgan fingerprint density at radius 3 is 2.43 bits per heavy atom. The van der Waals surface area contributed by atoms with Crippen molar-refractivity contribution < 1.29 is 0 Å². The van der Waals surface area contributed by atoms with Gasteiger partial charge in [0.1, 0.15) is 0 Å². The SMILES string of the molecule is CCC1CC2CC12. The molecule has 40 valence electrons. The molecule has 0 nitrogen and oxygen atoms in total. The Morgan fingerprint density at radius 2 is 2.29 bits per heavy atom. The normalized spacial score (nSPS) is 55.3. The summed E-state index contributed by atoms with van der Waals surface area (Å²) >= 11 is 0. The molecule has 2 rings (SSSR count). The summed E-state index contributed by atoms with van der Waals surface area (Å²) in [6, 6.07) is 0. The molecule has 2 fully saturated rings. The van der Waals surface area contributed by atoms with Crippen LogP contribution in [0.4, 0.5) is 0 Å². The molecule has 0 saturated heterocycles. The molecule has 0 aromatic carbocycles. The third kappa shape index (κ3) is 0.375. The fourth-order valence-electron chi connectivity index (χ4n) is 1.96. The summed E-state index contributed by atoms with van der Waals surface area (Å²) in [7, 11) is 0. The first-order chi connectivity index (χ1) is 3.42. The lowest BCUT2D eigenvalue weighted by atomic mass is 9.84. The van der Waals surface area contributed by atoms with Crippen LogP contribution in [0.1, 0.15) is 26.2 Å². The highest BCUT2D eigenvalue weighted by molar-refractivity contribution is 5.01. The quantitative estimate of drug-likeness (QED) is 0.468. The van der Waals surface area contributed by atoms with Crippen molar-refractivity contribution in [1.82, 2.24) is 0 Å². The molecule has 0 N–H and O–H groups in total. The van der Waals surface area contributed by atoms with Gasteiger partial charge >= 0.3 is 0 Å². The molecule has 0 aliphatic heterocycles. The summed E-state index contributed by atoms with van der Waals surface area (Å²) < 4.78 is 0. The van der Waals surface area contributed by atoms with Gasteiger partial charge in [0.25, 0.3) is 0 Å². The third-order valence-corrected chi connectivity index (χ3v) is 2.71. The molecular weight excluding hydrogens is 84.1 g/mol. The van der Waals surface area contributed by atoms with Crippen LogP contribution < -0.4 is 0 Å². The van der Waals surface area contributed by atoms with Crippen LogP contribution in [-0.2, 0) is 0 Å². The maximum Gasteiger partial charge on any atom is -0.0354 e. The molecule has 2 aliphatic carbocycles. The van der Waals surface area contributed by atoms with E-state index in [0.29, 0.717) is 0 Å². The van der Waals surface area contributed by atoms with Crippen molar-refractivity contribution in [3.05, 3.63) is 0 Å². The minimum atomic E-state index is 1.16. The standard InChI is InChI=1S/C7H12/c1-2-5-3-6-4-7(5)6/h5-7H,2-4H2,1H3. The topological polar surface area (TPSA) is 0 Å². The number of hydrogen-bond donors (Lipinski definition) is 0. The van der Waals surface area contributed by atoms with Crippen LogP contribution in [0.25, 0.3) is 0 Å². The molecule has 3 atom stereocenters. The monoisotopic (exact) mass is 96.1 g/mol. The fourth-order valence-corrected chi connectivity index (χ4v) is 1.96. The van der Waals surface area contributed by atoms with E-state index in [0.717, 1.165) is 5.92 Å². The van der Waals surface area contributed by atoms with Gasteiger partial charge in [0.05, 0.1) is 0 Å². The molecule has 2 saturated carbocycles. The van der Waals surface area contributed by atoms with Gasteiger partial charge in [-0.2, -0.15) is 0 Å². The summed E-state index contributed by atoms with van der Waals surface area (Å²) in [5.41, 5.74) is 0. The van der Waals surface area contributed by atoms with Crippen LogP contribution in [0, 0.1) is 17.8 Å². The Hall–Kier alpha value is 0. The van der Waals surface area contributed by atoms with Crippen molar-refractivity contribution in [2.45, 2.75) is 26.2 Å². The van der Waals surface area contributed by atoms with Crippen LogP contribution in [0.3, 0.4) is 0 Å². The van der Waals surface area contributed by atoms with Crippen molar-refractivity contribution in [2.24, 2.45) is 17.8 Å². The maximum absolute atomic E-state index is 2.32. The third-order valence-electron chi connectivity index (χ3n) is 2.71. The molecule has 7 heavy (non-hydrogen) atoms. The van der Waals surface area contributed by atoms with E-state index in [1.54, 1.807) is 12.8 Å². The summed E-state index contributed by atoms with van der Waals surface area (Å²) in [5, 5.41) is 0. The van der Waals surface area contributed by atoms with Crippen LogP contribution in [0.15, 0.2) is 0 Å². The minimum absolute atomic E-state index is 1.16. The average Bonchev–Trinajstić information content (AvgIpc) is 2.18. The van der Waals surface area contributed by atoms with Crippen molar-refractivity contribution in [3.63, 3.8) is 0 Å². The maximum atomic E-state index is 2.32. The van der Waals surface area contributed by atoms with Crippen molar-refractivity contribution in [2.75, 3.05) is 0 Å². The summed E-state index contributed by atoms with van der Waals surface area (Å²) in [4.78, 5) is 0. The van der Waals surface area contributed by atoms with Gasteiger partial charge in [-0.05, 0) is 30.6 Å². The van der Waals surface area contributed by atoms with E-state index >= 15 is 0 Å². The summed E-state index contributed by atoms with van der Waals surface area (Å²) in [5.74, 6) is 3.58. The van der Waals surface area contributed by atoms with Gasteiger partial charge in [-0.3, -0.25) is 0 Å². The molecule has 0 amide bonds. The van der Waals surface area contributed by atoms with Crippen molar-refractivity contribution >= 4 is 0 Å². The van der Waals surface area contributed by atoms with E-state index in [4.69, 9.17) is 0 Å². The highest BCUT2D eigenvalue weighted by atomic mass is 14.6. The van der Waals surface area contributed by atoms with Gasteiger partial charge in [0.2, 0.25) is 0 Å². The summed E-state index contributed by atoms with van der Waals surface area (Å²) in [6.07, 6.45) is 4.60. The van der Waals surface area contributed by atoms with Gasteiger partial charge in [0, 0.05) is 0 Å². The zero-order chi connectivity index (χ0) is 4.85. The van der Waals surface area contributed by atoms with Gasteiger partial charge in [-0.25, -0.2) is 0 Å². The lowest BCUT2D eigenvalue weighted by Crippen LogP contribution is -2.13. The first-order valence-electron chi connectivity index (χ1n) is 3.42. The molecule has 3 unspecified atom stereocenters. The van der Waals surface area contributed by atoms with Crippen LogP contribution in [-0.4, -0.2) is 0 Å². The fraction of sp³-hybridized carbons (Fsp3) is 1.00. The van der Waals surface area contributed by atoms with Crippen LogP contribution >= 0.6 is 0 Å². The molecule has 0 heterocycles. The van der Waals surface area contributed by atoms with Gasteiger partial charge in [-0.15, -0.1) is 0 Å². The Bertz CT molecular complexity index is 86.0. The Balaban J connectivity index is 1.92. The zero-order valence-electron chi connectivity index (χ0n) is 4.85. The smallest absolute Gasteiger partial charge is 0.0354 e. The molecule has 2 aliphatic rings. The second-order valence-electron chi connectivity index (χ2n) is 3.06. The average molecular weight is 96.2 g/mol. The van der Waals surface area contributed by atoms with Crippen molar-refractivity contribution in [1.29, 1.82) is 0 Å². The molecule has 0 aromatic heterocycles.